The van der Waals surface area contributed by atoms with Gasteiger partial charge < -0.3 is 4.90 Å². The monoisotopic (exact) mass is 488 g/mol. The lowest BCUT2D eigenvalue weighted by molar-refractivity contribution is 0.0784. The molecular formula is C27H28N4O3S. The van der Waals surface area contributed by atoms with Gasteiger partial charge in [-0.05, 0) is 49.7 Å². The van der Waals surface area contributed by atoms with Crippen LogP contribution < -0.4 is 4.72 Å². The molecule has 0 atom stereocenters. The van der Waals surface area contributed by atoms with Crippen molar-refractivity contribution in [3.8, 4) is 5.69 Å². The molecule has 1 aromatic heterocycles. The van der Waals surface area contributed by atoms with E-state index in [4.69, 9.17) is 0 Å². The van der Waals surface area contributed by atoms with Crippen LogP contribution in [0.4, 0.5) is 0 Å². The largest absolute Gasteiger partial charge is 0.337 e. The average molecular weight is 489 g/mol. The number of aromatic nitrogens is 2. The zero-order chi connectivity index (χ0) is 25.0. The first-order valence-corrected chi connectivity index (χ1v) is 12.7. The van der Waals surface area contributed by atoms with Crippen LogP contribution in [0.3, 0.4) is 0 Å². The van der Waals surface area contributed by atoms with Gasteiger partial charge in [-0.2, -0.15) is 5.10 Å². The van der Waals surface area contributed by atoms with Crippen LogP contribution in [-0.4, -0.2) is 36.1 Å². The van der Waals surface area contributed by atoms with E-state index in [1.807, 2.05) is 79.2 Å². The van der Waals surface area contributed by atoms with Gasteiger partial charge in [0, 0.05) is 37.0 Å². The van der Waals surface area contributed by atoms with Crippen LogP contribution in [0.1, 0.15) is 32.9 Å². The van der Waals surface area contributed by atoms with Gasteiger partial charge in [-0.3, -0.25) is 4.79 Å². The maximum absolute atomic E-state index is 13.2. The molecule has 7 nitrogen and oxygen atoms in total. The first-order chi connectivity index (χ1) is 16.8. The minimum Gasteiger partial charge on any atom is -0.337 e. The normalized spacial score (nSPS) is 11.4. The molecule has 0 bridgehead atoms. The first kappa shape index (κ1) is 24.4. The molecule has 0 aliphatic rings. The summed E-state index contributed by atoms with van der Waals surface area (Å²) in [6.45, 7) is 4.43. The fourth-order valence-electron chi connectivity index (χ4n) is 3.91. The molecule has 180 valence electrons. The molecule has 0 saturated carbocycles. The van der Waals surface area contributed by atoms with E-state index in [2.05, 4.69) is 9.82 Å². The van der Waals surface area contributed by atoms with Crippen molar-refractivity contribution >= 4 is 15.9 Å². The third-order valence-corrected chi connectivity index (χ3v) is 7.28. The Bertz CT molecular complexity index is 1430. The number of hydrogen-bond acceptors (Lipinski definition) is 4. The van der Waals surface area contributed by atoms with Crippen molar-refractivity contribution in [2.45, 2.75) is 31.8 Å². The Morgan fingerprint density at radius 1 is 0.943 bits per heavy atom. The van der Waals surface area contributed by atoms with Crippen LogP contribution in [0.5, 0.6) is 0 Å². The van der Waals surface area contributed by atoms with Gasteiger partial charge in [0.25, 0.3) is 5.91 Å². The number of nitrogens with one attached hydrogen (secondary N) is 1. The molecule has 35 heavy (non-hydrogen) atoms. The number of carbonyl (C=O) groups is 1. The number of aryl methyl sites for hydroxylation is 1. The predicted octanol–water partition coefficient (Wildman–Crippen LogP) is 4.24. The molecule has 1 amide bonds. The maximum Gasteiger partial charge on any atom is 0.253 e. The molecule has 0 unspecified atom stereocenters. The summed E-state index contributed by atoms with van der Waals surface area (Å²) in [4.78, 5) is 14.8. The van der Waals surface area contributed by atoms with Gasteiger partial charge in [0.15, 0.2) is 0 Å². The van der Waals surface area contributed by atoms with Crippen molar-refractivity contribution in [3.05, 3.63) is 113 Å². The minimum absolute atomic E-state index is 0.0527. The summed E-state index contributed by atoms with van der Waals surface area (Å²) in [5.74, 6) is -0.267. The molecule has 0 aliphatic heterocycles. The van der Waals surface area contributed by atoms with E-state index in [-0.39, 0.29) is 17.3 Å². The lowest BCUT2D eigenvalue weighted by Gasteiger charge is -2.18. The van der Waals surface area contributed by atoms with Gasteiger partial charge in [-0.25, -0.2) is 17.8 Å². The molecule has 0 saturated heterocycles. The number of sulfonamides is 1. The molecule has 0 aliphatic carbocycles. The summed E-state index contributed by atoms with van der Waals surface area (Å²) < 4.78 is 30.1. The third-order valence-electron chi connectivity index (χ3n) is 5.88. The highest BCUT2D eigenvalue weighted by Gasteiger charge is 2.21. The van der Waals surface area contributed by atoms with Crippen LogP contribution in [0, 0.1) is 13.8 Å². The van der Waals surface area contributed by atoms with Gasteiger partial charge in [0.05, 0.1) is 16.3 Å². The molecule has 3 aromatic carbocycles. The Labute approximate surface area is 206 Å². The quantitative estimate of drug-likeness (QED) is 0.402. The Balaban J connectivity index is 1.50. The molecule has 0 fully saturated rings. The van der Waals surface area contributed by atoms with E-state index < -0.39 is 10.0 Å². The van der Waals surface area contributed by atoms with E-state index in [9.17, 15) is 13.2 Å². The molecular weight excluding hydrogens is 460 g/mol. The Morgan fingerprint density at radius 2 is 1.60 bits per heavy atom. The number of hydrogen-bond donors (Lipinski definition) is 1. The number of benzene rings is 3. The predicted molar refractivity (Wildman–Crippen MR) is 136 cm³/mol. The smallest absolute Gasteiger partial charge is 0.253 e. The second-order valence-corrected chi connectivity index (χ2v) is 10.2. The highest BCUT2D eigenvalue weighted by Crippen LogP contribution is 2.21. The van der Waals surface area contributed by atoms with Crippen LogP contribution in [0.15, 0.2) is 89.8 Å². The van der Waals surface area contributed by atoms with Crippen molar-refractivity contribution in [1.82, 2.24) is 19.4 Å². The zero-order valence-corrected chi connectivity index (χ0v) is 20.8. The van der Waals surface area contributed by atoms with E-state index in [1.54, 1.807) is 24.1 Å². The van der Waals surface area contributed by atoms with Crippen molar-refractivity contribution in [2.24, 2.45) is 0 Å². The maximum atomic E-state index is 13.2. The van der Waals surface area contributed by atoms with Crippen molar-refractivity contribution in [2.75, 3.05) is 7.05 Å². The van der Waals surface area contributed by atoms with Gasteiger partial charge >= 0.3 is 0 Å². The summed E-state index contributed by atoms with van der Waals surface area (Å²) in [7, 11) is -2.07. The zero-order valence-electron chi connectivity index (χ0n) is 20.0. The average Bonchev–Trinajstić information content (AvgIpc) is 3.16. The van der Waals surface area contributed by atoms with Crippen LogP contribution in [-0.2, 0) is 23.1 Å². The van der Waals surface area contributed by atoms with E-state index in [0.717, 1.165) is 28.2 Å². The second kappa shape index (κ2) is 10.2. The number of amides is 1. The minimum atomic E-state index is -3.77. The second-order valence-electron chi connectivity index (χ2n) is 8.40. The topological polar surface area (TPSA) is 84.3 Å². The van der Waals surface area contributed by atoms with Crippen molar-refractivity contribution in [3.63, 3.8) is 0 Å². The Morgan fingerprint density at radius 3 is 2.29 bits per heavy atom. The van der Waals surface area contributed by atoms with Gasteiger partial charge in [0.2, 0.25) is 10.0 Å². The lowest BCUT2D eigenvalue weighted by Crippen LogP contribution is -2.27. The van der Waals surface area contributed by atoms with E-state index in [1.165, 1.54) is 12.1 Å². The van der Waals surface area contributed by atoms with Crippen LogP contribution in [0.2, 0.25) is 0 Å². The highest BCUT2D eigenvalue weighted by molar-refractivity contribution is 7.89. The van der Waals surface area contributed by atoms with Gasteiger partial charge in [0.1, 0.15) is 0 Å². The number of rotatable bonds is 8. The third kappa shape index (κ3) is 5.50. The van der Waals surface area contributed by atoms with Crippen LogP contribution >= 0.6 is 0 Å². The molecule has 1 heterocycles. The molecule has 4 rings (SSSR count). The van der Waals surface area contributed by atoms with Crippen molar-refractivity contribution in [1.29, 1.82) is 0 Å². The standard InChI is InChI=1S/C27H28N4O3S/c1-20-26(21(2)31(29-20)24-14-8-5-9-15-24)19-30(3)27(32)23-13-10-16-25(17-23)35(33,34)28-18-22-11-6-4-7-12-22/h4-17,28H,18-19H2,1-3H3. The molecule has 1 N–H and O–H groups in total. The first-order valence-electron chi connectivity index (χ1n) is 11.3. The van der Waals surface area contributed by atoms with Crippen molar-refractivity contribution < 1.29 is 13.2 Å². The Kier molecular flexibility index (Phi) is 7.14. The Hall–Kier alpha value is -3.75. The van der Waals surface area contributed by atoms with Crippen LogP contribution in [0.25, 0.3) is 5.69 Å². The molecule has 8 heteroatoms. The van der Waals surface area contributed by atoms with E-state index >= 15 is 0 Å². The summed E-state index contributed by atoms with van der Waals surface area (Å²) in [5.41, 5.74) is 4.86. The fraction of sp³-hybridized carbons (Fsp3) is 0.185. The summed E-state index contributed by atoms with van der Waals surface area (Å²) in [5, 5.41) is 4.65. The molecule has 0 radical (unpaired) electrons. The number of para-hydroxylation sites is 1. The summed E-state index contributed by atoms with van der Waals surface area (Å²) >= 11 is 0. The van der Waals surface area contributed by atoms with Gasteiger partial charge in [-0.15, -0.1) is 0 Å². The fourth-order valence-corrected chi connectivity index (χ4v) is 4.97. The highest BCUT2D eigenvalue weighted by atomic mass is 32.2. The number of carbonyl (C=O) groups excluding carboxylic acids is 1. The molecule has 4 aromatic rings. The SMILES string of the molecule is Cc1nn(-c2ccccc2)c(C)c1CN(C)C(=O)c1cccc(S(=O)(=O)NCc2ccccc2)c1. The molecule has 0 spiro atoms. The van der Waals surface area contributed by atoms with Gasteiger partial charge in [-0.1, -0.05) is 54.6 Å². The summed E-state index contributed by atoms with van der Waals surface area (Å²) in [6.07, 6.45) is 0. The summed E-state index contributed by atoms with van der Waals surface area (Å²) in [6, 6.07) is 25.2. The lowest BCUT2D eigenvalue weighted by atomic mass is 10.1. The number of nitrogens with zero attached hydrogens (tertiary/aromatic N) is 3. The van der Waals surface area contributed by atoms with E-state index in [0.29, 0.717) is 12.1 Å².